The Morgan fingerprint density at radius 1 is 1.44 bits per heavy atom. The van der Waals surface area contributed by atoms with E-state index in [1.54, 1.807) is 0 Å². The first kappa shape index (κ1) is 13.2. The molecule has 0 atom stereocenters. The number of aromatic nitrogens is 2. The van der Waals surface area contributed by atoms with Crippen molar-refractivity contribution in [3.8, 4) is 0 Å². The molecular weight excluding hydrogens is 248 g/mol. The van der Waals surface area contributed by atoms with Crippen molar-refractivity contribution in [1.29, 1.82) is 0 Å². The molecule has 0 saturated heterocycles. The van der Waals surface area contributed by atoms with Gasteiger partial charge in [0.25, 0.3) is 0 Å². The maximum absolute atomic E-state index is 6.22. The first-order chi connectivity index (χ1) is 8.50. The summed E-state index contributed by atoms with van der Waals surface area (Å²) in [5.74, 6) is 0.523. The maximum Gasteiger partial charge on any atom is 0.201 e. The van der Waals surface area contributed by atoms with Crippen LogP contribution in [0.15, 0.2) is 18.2 Å². The molecule has 0 spiro atoms. The van der Waals surface area contributed by atoms with Crippen LogP contribution in [0.5, 0.6) is 0 Å². The summed E-state index contributed by atoms with van der Waals surface area (Å²) in [5.41, 5.74) is 7.74. The number of nitrogens with two attached hydrogens (primary N) is 1. The van der Waals surface area contributed by atoms with E-state index in [1.165, 1.54) is 0 Å². The number of imidazole rings is 1. The maximum atomic E-state index is 6.22. The van der Waals surface area contributed by atoms with Crippen LogP contribution in [0.3, 0.4) is 0 Å². The average Bonchev–Trinajstić information content (AvgIpc) is 2.63. The van der Waals surface area contributed by atoms with Gasteiger partial charge in [-0.15, -0.1) is 0 Å². The van der Waals surface area contributed by atoms with E-state index in [2.05, 4.69) is 30.8 Å². The molecular formula is C13H19ClN4. The molecule has 0 unspecified atom stereocenters. The van der Waals surface area contributed by atoms with E-state index < -0.39 is 0 Å². The van der Waals surface area contributed by atoms with E-state index in [9.17, 15) is 0 Å². The first-order valence-electron chi connectivity index (χ1n) is 6.11. The summed E-state index contributed by atoms with van der Waals surface area (Å²) < 4.78 is 1.98. The number of para-hydroxylation sites is 1. The lowest BCUT2D eigenvalue weighted by molar-refractivity contribution is 0.264. The van der Waals surface area contributed by atoms with Gasteiger partial charge in [0.05, 0.1) is 16.1 Å². The molecule has 0 bridgehead atoms. The third kappa shape index (κ3) is 2.44. The van der Waals surface area contributed by atoms with Crippen LogP contribution < -0.4 is 5.73 Å². The normalized spacial score (nSPS) is 11.9. The van der Waals surface area contributed by atoms with Gasteiger partial charge in [-0.25, -0.2) is 4.98 Å². The lowest BCUT2D eigenvalue weighted by Gasteiger charge is -2.21. The number of fused-ring (bicyclic) bond motifs is 1. The highest BCUT2D eigenvalue weighted by Crippen LogP contribution is 2.25. The molecule has 0 amide bonds. The largest absolute Gasteiger partial charge is 0.369 e. The van der Waals surface area contributed by atoms with Crippen LogP contribution in [0.1, 0.15) is 13.8 Å². The predicted octanol–water partition coefficient (Wildman–Crippen LogP) is 2.61. The molecule has 2 aromatic rings. The van der Waals surface area contributed by atoms with Gasteiger partial charge in [0.1, 0.15) is 0 Å². The lowest BCUT2D eigenvalue weighted by atomic mass is 10.3. The Balaban J connectivity index is 2.30. The van der Waals surface area contributed by atoms with Crippen molar-refractivity contribution in [2.75, 3.05) is 19.3 Å². The number of halogens is 1. The van der Waals surface area contributed by atoms with Gasteiger partial charge < -0.3 is 15.2 Å². The molecule has 98 valence electrons. The summed E-state index contributed by atoms with van der Waals surface area (Å²) in [6.45, 7) is 6.05. The number of benzene rings is 1. The van der Waals surface area contributed by atoms with Crippen molar-refractivity contribution in [2.24, 2.45) is 0 Å². The van der Waals surface area contributed by atoms with Crippen molar-refractivity contribution in [3.63, 3.8) is 0 Å². The van der Waals surface area contributed by atoms with Crippen LogP contribution in [0.4, 0.5) is 5.95 Å². The second-order valence-electron chi connectivity index (χ2n) is 4.80. The van der Waals surface area contributed by atoms with Crippen molar-refractivity contribution < 1.29 is 0 Å². The summed E-state index contributed by atoms with van der Waals surface area (Å²) in [5, 5.41) is 0.698. The standard InChI is InChI=1S/C13H19ClN4/c1-9(2)17(3)7-8-18-12-10(14)5-4-6-11(12)16-13(18)15/h4-6,9H,7-8H2,1-3H3,(H2,15,16). The predicted molar refractivity (Wildman–Crippen MR) is 76.9 cm³/mol. The Kier molecular flexibility index (Phi) is 3.78. The van der Waals surface area contributed by atoms with Crippen LogP contribution in [0.25, 0.3) is 11.0 Å². The highest BCUT2D eigenvalue weighted by molar-refractivity contribution is 6.35. The Hall–Kier alpha value is -1.26. The molecule has 2 rings (SSSR count). The fourth-order valence-electron chi connectivity index (χ4n) is 1.90. The third-order valence-electron chi connectivity index (χ3n) is 3.30. The molecule has 1 aromatic carbocycles. The average molecular weight is 267 g/mol. The number of hydrogen-bond acceptors (Lipinski definition) is 3. The molecule has 18 heavy (non-hydrogen) atoms. The topological polar surface area (TPSA) is 47.1 Å². The van der Waals surface area contributed by atoms with Crippen molar-refractivity contribution in [3.05, 3.63) is 23.2 Å². The van der Waals surface area contributed by atoms with Crippen LogP contribution in [0, 0.1) is 0 Å². The van der Waals surface area contributed by atoms with Crippen LogP contribution in [-0.4, -0.2) is 34.1 Å². The van der Waals surface area contributed by atoms with Gasteiger partial charge >= 0.3 is 0 Å². The molecule has 4 nitrogen and oxygen atoms in total. The van der Waals surface area contributed by atoms with Gasteiger partial charge in [-0.05, 0) is 33.0 Å². The summed E-state index contributed by atoms with van der Waals surface area (Å²) in [6, 6.07) is 6.20. The highest BCUT2D eigenvalue weighted by atomic mass is 35.5. The molecule has 0 aliphatic rings. The fraction of sp³-hybridized carbons (Fsp3) is 0.462. The zero-order valence-electron chi connectivity index (χ0n) is 11.0. The number of nitrogen functional groups attached to an aromatic ring is 1. The lowest BCUT2D eigenvalue weighted by Crippen LogP contribution is -2.30. The molecule has 1 aromatic heterocycles. The number of rotatable bonds is 4. The smallest absolute Gasteiger partial charge is 0.201 e. The van der Waals surface area contributed by atoms with Gasteiger partial charge in [0, 0.05) is 19.1 Å². The van der Waals surface area contributed by atoms with E-state index in [0.717, 1.165) is 24.1 Å². The van der Waals surface area contributed by atoms with Crippen molar-refractivity contribution >= 4 is 28.6 Å². The van der Waals surface area contributed by atoms with E-state index in [4.69, 9.17) is 17.3 Å². The van der Waals surface area contributed by atoms with Gasteiger partial charge in [-0.1, -0.05) is 17.7 Å². The van der Waals surface area contributed by atoms with Crippen LogP contribution >= 0.6 is 11.6 Å². The van der Waals surface area contributed by atoms with Gasteiger partial charge in [0.15, 0.2) is 0 Å². The zero-order valence-corrected chi connectivity index (χ0v) is 11.8. The number of hydrogen-bond donors (Lipinski definition) is 1. The Bertz CT molecular complexity index is 547. The summed E-state index contributed by atoms with van der Waals surface area (Å²) in [7, 11) is 2.10. The molecule has 5 heteroatoms. The second kappa shape index (κ2) is 5.16. The number of nitrogens with zero attached hydrogens (tertiary/aromatic N) is 3. The Morgan fingerprint density at radius 3 is 2.83 bits per heavy atom. The minimum atomic E-state index is 0.511. The molecule has 0 fully saturated rings. The monoisotopic (exact) mass is 266 g/mol. The van der Waals surface area contributed by atoms with Crippen molar-refractivity contribution in [2.45, 2.75) is 26.4 Å². The number of likely N-dealkylation sites (N-methyl/N-ethyl adjacent to an activating group) is 1. The highest BCUT2D eigenvalue weighted by Gasteiger charge is 2.12. The summed E-state index contributed by atoms with van der Waals surface area (Å²) in [6.07, 6.45) is 0. The van der Waals surface area contributed by atoms with Gasteiger partial charge in [-0.3, -0.25) is 0 Å². The Morgan fingerprint density at radius 2 is 2.17 bits per heavy atom. The SMILES string of the molecule is CC(C)N(C)CCn1c(N)nc2cccc(Cl)c21. The van der Waals surface area contributed by atoms with E-state index in [0.29, 0.717) is 17.0 Å². The summed E-state index contributed by atoms with van der Waals surface area (Å²) >= 11 is 6.22. The van der Waals surface area contributed by atoms with Crippen LogP contribution in [-0.2, 0) is 6.54 Å². The number of anilines is 1. The minimum absolute atomic E-state index is 0.511. The fourth-order valence-corrected chi connectivity index (χ4v) is 2.17. The molecule has 0 aliphatic carbocycles. The second-order valence-corrected chi connectivity index (χ2v) is 5.21. The van der Waals surface area contributed by atoms with Gasteiger partial charge in [-0.2, -0.15) is 0 Å². The molecule has 0 saturated carbocycles. The van der Waals surface area contributed by atoms with Crippen LogP contribution in [0.2, 0.25) is 5.02 Å². The molecule has 0 aliphatic heterocycles. The third-order valence-corrected chi connectivity index (χ3v) is 3.61. The molecule has 2 N–H and O–H groups in total. The Labute approximate surface area is 112 Å². The van der Waals surface area contributed by atoms with E-state index >= 15 is 0 Å². The quantitative estimate of drug-likeness (QED) is 0.925. The van der Waals surface area contributed by atoms with Gasteiger partial charge in [0.2, 0.25) is 5.95 Å². The molecule has 1 heterocycles. The van der Waals surface area contributed by atoms with E-state index in [-0.39, 0.29) is 0 Å². The minimum Gasteiger partial charge on any atom is -0.369 e. The first-order valence-corrected chi connectivity index (χ1v) is 6.49. The van der Waals surface area contributed by atoms with Crippen molar-refractivity contribution in [1.82, 2.24) is 14.5 Å². The summed E-state index contributed by atoms with van der Waals surface area (Å²) in [4.78, 5) is 6.60. The molecule has 0 radical (unpaired) electrons. The zero-order chi connectivity index (χ0) is 13.3. The van der Waals surface area contributed by atoms with E-state index in [1.807, 2.05) is 22.8 Å².